The van der Waals surface area contributed by atoms with Gasteiger partial charge in [0.25, 0.3) is 5.91 Å². The lowest BCUT2D eigenvalue weighted by atomic mass is 10.1. The average Bonchev–Trinajstić information content (AvgIpc) is 3.31. The summed E-state index contributed by atoms with van der Waals surface area (Å²) in [6.45, 7) is 3.78. The highest BCUT2D eigenvalue weighted by molar-refractivity contribution is 5.93. The third-order valence-corrected chi connectivity index (χ3v) is 5.51. The van der Waals surface area contributed by atoms with E-state index in [1.165, 1.54) is 12.1 Å². The van der Waals surface area contributed by atoms with E-state index in [2.05, 4.69) is 15.6 Å². The summed E-state index contributed by atoms with van der Waals surface area (Å²) in [4.78, 5) is 26.8. The summed E-state index contributed by atoms with van der Waals surface area (Å²) in [7, 11) is 0. The second kappa shape index (κ2) is 9.07. The van der Waals surface area contributed by atoms with Gasteiger partial charge in [-0.05, 0) is 30.2 Å². The minimum atomic E-state index is -0.309. The monoisotopic (exact) mass is 421 g/mol. The zero-order valence-electron chi connectivity index (χ0n) is 17.3. The van der Waals surface area contributed by atoms with Crippen LogP contribution in [-0.4, -0.2) is 44.8 Å². The van der Waals surface area contributed by atoms with Gasteiger partial charge < -0.3 is 10.2 Å². The molecular weight excluding hydrogens is 397 g/mol. The Labute approximate surface area is 179 Å². The molecule has 31 heavy (non-hydrogen) atoms. The SMILES string of the molecule is Cc1c(C(=O)NCC2CC(=O)N(Cc3ccccc3)C2)nnn1Cc1ccc(F)cc1. The van der Waals surface area contributed by atoms with E-state index in [9.17, 15) is 14.0 Å². The molecule has 0 saturated carbocycles. The highest BCUT2D eigenvalue weighted by Crippen LogP contribution is 2.20. The molecule has 0 bridgehead atoms. The number of aromatic nitrogens is 3. The van der Waals surface area contributed by atoms with Gasteiger partial charge in [0.15, 0.2) is 5.69 Å². The Morgan fingerprint density at radius 2 is 1.81 bits per heavy atom. The first kappa shape index (κ1) is 20.7. The molecule has 1 saturated heterocycles. The van der Waals surface area contributed by atoms with Crippen molar-refractivity contribution in [2.45, 2.75) is 26.4 Å². The van der Waals surface area contributed by atoms with E-state index in [-0.39, 0.29) is 29.2 Å². The Bertz CT molecular complexity index is 1070. The number of benzene rings is 2. The third-order valence-electron chi connectivity index (χ3n) is 5.51. The van der Waals surface area contributed by atoms with Gasteiger partial charge in [-0.2, -0.15) is 0 Å². The maximum Gasteiger partial charge on any atom is 0.273 e. The fourth-order valence-corrected chi connectivity index (χ4v) is 3.75. The summed E-state index contributed by atoms with van der Waals surface area (Å²) in [6, 6.07) is 16.0. The summed E-state index contributed by atoms with van der Waals surface area (Å²) in [5.41, 5.74) is 2.85. The molecule has 1 aliphatic heterocycles. The molecule has 1 unspecified atom stereocenters. The van der Waals surface area contributed by atoms with Crippen LogP contribution in [0, 0.1) is 18.7 Å². The standard InChI is InChI=1S/C23H24FN5O2/c1-16-22(26-27-29(16)15-18-7-9-20(24)10-8-18)23(31)25-12-19-11-21(30)28(14-19)13-17-5-3-2-4-6-17/h2-10,19H,11-15H2,1H3,(H,25,31). The van der Waals surface area contributed by atoms with E-state index in [4.69, 9.17) is 0 Å². The molecule has 1 atom stereocenters. The average molecular weight is 421 g/mol. The molecule has 2 amide bonds. The van der Waals surface area contributed by atoms with Gasteiger partial charge >= 0.3 is 0 Å². The highest BCUT2D eigenvalue weighted by Gasteiger charge is 2.30. The predicted molar refractivity (Wildman–Crippen MR) is 113 cm³/mol. The number of rotatable bonds is 7. The molecule has 3 aromatic rings. The lowest BCUT2D eigenvalue weighted by molar-refractivity contribution is -0.128. The molecule has 2 aromatic carbocycles. The molecule has 7 nitrogen and oxygen atoms in total. The zero-order valence-corrected chi connectivity index (χ0v) is 17.3. The molecule has 4 rings (SSSR count). The van der Waals surface area contributed by atoms with Crippen LogP contribution in [0.4, 0.5) is 4.39 Å². The fraction of sp³-hybridized carbons (Fsp3) is 0.304. The van der Waals surface area contributed by atoms with E-state index in [0.717, 1.165) is 11.1 Å². The van der Waals surface area contributed by atoms with Crippen LogP contribution in [0.15, 0.2) is 54.6 Å². The van der Waals surface area contributed by atoms with Crippen LogP contribution in [0.25, 0.3) is 0 Å². The Balaban J connectivity index is 1.31. The largest absolute Gasteiger partial charge is 0.350 e. The molecule has 1 N–H and O–H groups in total. The van der Waals surface area contributed by atoms with Crippen molar-refractivity contribution in [3.05, 3.63) is 82.9 Å². The molecule has 0 aliphatic carbocycles. The fourth-order valence-electron chi connectivity index (χ4n) is 3.75. The van der Waals surface area contributed by atoms with Gasteiger partial charge in [0.05, 0.1) is 12.2 Å². The topological polar surface area (TPSA) is 80.1 Å². The first-order valence-corrected chi connectivity index (χ1v) is 10.2. The van der Waals surface area contributed by atoms with Gasteiger partial charge in [0, 0.05) is 32.0 Å². The number of carbonyl (C=O) groups is 2. The van der Waals surface area contributed by atoms with Crippen LogP contribution < -0.4 is 5.32 Å². The minimum absolute atomic E-state index is 0.0646. The molecule has 8 heteroatoms. The molecule has 0 radical (unpaired) electrons. The van der Waals surface area contributed by atoms with E-state index in [1.54, 1.807) is 23.7 Å². The van der Waals surface area contributed by atoms with Gasteiger partial charge in [-0.1, -0.05) is 47.7 Å². The molecular formula is C23H24FN5O2. The van der Waals surface area contributed by atoms with E-state index < -0.39 is 0 Å². The number of hydrogen-bond acceptors (Lipinski definition) is 4. The summed E-state index contributed by atoms with van der Waals surface area (Å²) < 4.78 is 14.7. The summed E-state index contributed by atoms with van der Waals surface area (Å²) in [5.74, 6) is -0.442. The first-order chi connectivity index (χ1) is 15.0. The molecule has 1 aromatic heterocycles. The molecule has 1 fully saturated rings. The van der Waals surface area contributed by atoms with Gasteiger partial charge in [-0.3, -0.25) is 9.59 Å². The van der Waals surface area contributed by atoms with Gasteiger partial charge in [0.1, 0.15) is 5.82 Å². The zero-order chi connectivity index (χ0) is 21.8. The quantitative estimate of drug-likeness (QED) is 0.636. The Kier molecular flexibility index (Phi) is 6.06. The maximum atomic E-state index is 13.1. The van der Waals surface area contributed by atoms with Gasteiger partial charge in [0.2, 0.25) is 5.91 Å². The highest BCUT2D eigenvalue weighted by atomic mass is 19.1. The van der Waals surface area contributed by atoms with Crippen LogP contribution in [-0.2, 0) is 17.9 Å². The van der Waals surface area contributed by atoms with Crippen molar-refractivity contribution in [2.75, 3.05) is 13.1 Å². The van der Waals surface area contributed by atoms with Crippen LogP contribution >= 0.6 is 0 Å². The van der Waals surface area contributed by atoms with Crippen molar-refractivity contribution < 1.29 is 14.0 Å². The summed E-state index contributed by atoms with van der Waals surface area (Å²) in [5, 5.41) is 11.0. The number of amides is 2. The van der Waals surface area contributed by atoms with Crippen LogP contribution in [0.2, 0.25) is 0 Å². The van der Waals surface area contributed by atoms with Crippen molar-refractivity contribution in [1.29, 1.82) is 0 Å². The number of nitrogens with zero attached hydrogens (tertiary/aromatic N) is 4. The smallest absolute Gasteiger partial charge is 0.273 e. The molecule has 2 heterocycles. The summed E-state index contributed by atoms with van der Waals surface area (Å²) >= 11 is 0. The Morgan fingerprint density at radius 1 is 1.10 bits per heavy atom. The number of likely N-dealkylation sites (tertiary alicyclic amines) is 1. The maximum absolute atomic E-state index is 13.1. The van der Waals surface area contributed by atoms with Gasteiger partial charge in [-0.15, -0.1) is 5.10 Å². The van der Waals surface area contributed by atoms with E-state index in [1.807, 2.05) is 35.2 Å². The minimum Gasteiger partial charge on any atom is -0.350 e. The van der Waals surface area contributed by atoms with E-state index >= 15 is 0 Å². The summed E-state index contributed by atoms with van der Waals surface area (Å²) in [6.07, 6.45) is 0.420. The Hall–Kier alpha value is -3.55. The van der Waals surface area contributed by atoms with Crippen molar-refractivity contribution in [1.82, 2.24) is 25.2 Å². The van der Waals surface area contributed by atoms with Crippen molar-refractivity contribution in [2.24, 2.45) is 5.92 Å². The number of halogens is 1. The number of hydrogen-bond donors (Lipinski definition) is 1. The number of nitrogens with one attached hydrogen (secondary N) is 1. The van der Waals surface area contributed by atoms with Crippen LogP contribution in [0.5, 0.6) is 0 Å². The predicted octanol–water partition coefficient (Wildman–Crippen LogP) is 2.55. The van der Waals surface area contributed by atoms with E-state index in [0.29, 0.717) is 38.3 Å². The third kappa shape index (κ3) is 4.96. The van der Waals surface area contributed by atoms with Crippen molar-refractivity contribution in [3.63, 3.8) is 0 Å². The second-order valence-corrected chi connectivity index (χ2v) is 7.85. The second-order valence-electron chi connectivity index (χ2n) is 7.85. The number of carbonyl (C=O) groups excluding carboxylic acids is 2. The first-order valence-electron chi connectivity index (χ1n) is 10.2. The lowest BCUT2D eigenvalue weighted by Crippen LogP contribution is -2.31. The molecule has 160 valence electrons. The Morgan fingerprint density at radius 3 is 2.55 bits per heavy atom. The van der Waals surface area contributed by atoms with Crippen LogP contribution in [0.1, 0.15) is 33.7 Å². The van der Waals surface area contributed by atoms with Gasteiger partial charge in [-0.25, -0.2) is 9.07 Å². The normalized spacial score (nSPS) is 16.0. The van der Waals surface area contributed by atoms with Crippen LogP contribution in [0.3, 0.4) is 0 Å². The molecule has 1 aliphatic rings. The van der Waals surface area contributed by atoms with Crippen molar-refractivity contribution in [3.8, 4) is 0 Å². The van der Waals surface area contributed by atoms with Crippen molar-refractivity contribution >= 4 is 11.8 Å². The molecule has 0 spiro atoms. The lowest BCUT2D eigenvalue weighted by Gasteiger charge is -2.17.